The van der Waals surface area contributed by atoms with Gasteiger partial charge in [0.25, 0.3) is 3.79 Å². The van der Waals surface area contributed by atoms with E-state index in [0.717, 1.165) is 11.1 Å². The molecule has 10 heteroatoms. The Morgan fingerprint density at radius 3 is 2.14 bits per heavy atom. The SMILES string of the molecule is C=CCO[C@@H]1C(O)[C@@H](OC(=N)C(Cl)(Cl)Cl)OC(COCc2ccccc2)[C@H]1OCc1ccccc1. The van der Waals surface area contributed by atoms with E-state index in [0.29, 0.717) is 6.61 Å². The average Bonchev–Trinajstić information content (AvgIpc) is 2.84. The van der Waals surface area contributed by atoms with Gasteiger partial charge in [0.05, 0.1) is 26.4 Å². The number of hydrogen-bond acceptors (Lipinski definition) is 7. The minimum Gasteiger partial charge on any atom is -0.445 e. The van der Waals surface area contributed by atoms with Crippen LogP contribution in [-0.2, 0) is 36.9 Å². The maximum absolute atomic E-state index is 11.0. The van der Waals surface area contributed by atoms with E-state index in [1.54, 1.807) is 6.08 Å². The second-order valence-corrected chi connectivity index (χ2v) is 10.1. The van der Waals surface area contributed by atoms with Gasteiger partial charge < -0.3 is 28.8 Å². The third-order valence-corrected chi connectivity index (χ3v) is 5.71. The smallest absolute Gasteiger partial charge is 0.265 e. The van der Waals surface area contributed by atoms with E-state index in [9.17, 15) is 5.11 Å². The molecule has 1 saturated heterocycles. The lowest BCUT2D eigenvalue weighted by atomic mass is 9.98. The fourth-order valence-corrected chi connectivity index (χ4v) is 3.65. The van der Waals surface area contributed by atoms with Gasteiger partial charge in [0.2, 0.25) is 12.2 Å². The molecule has 0 bridgehead atoms. The van der Waals surface area contributed by atoms with Crippen molar-refractivity contribution in [3.05, 3.63) is 84.4 Å². The lowest BCUT2D eigenvalue weighted by molar-refractivity contribution is -0.300. The van der Waals surface area contributed by atoms with Crippen LogP contribution in [0.3, 0.4) is 0 Å². The van der Waals surface area contributed by atoms with E-state index >= 15 is 0 Å². The number of alkyl halides is 3. The van der Waals surface area contributed by atoms with Crippen molar-refractivity contribution in [3.8, 4) is 0 Å². The molecular formula is C25H28Cl3NO6. The highest BCUT2D eigenvalue weighted by atomic mass is 35.6. The molecule has 35 heavy (non-hydrogen) atoms. The van der Waals surface area contributed by atoms with Crippen LogP contribution in [0.5, 0.6) is 0 Å². The Kier molecular flexibility index (Phi) is 10.8. The molecular weight excluding hydrogens is 517 g/mol. The molecule has 5 atom stereocenters. The van der Waals surface area contributed by atoms with E-state index in [4.69, 9.17) is 63.9 Å². The molecule has 1 heterocycles. The summed E-state index contributed by atoms with van der Waals surface area (Å²) in [7, 11) is 0. The number of halogens is 3. The van der Waals surface area contributed by atoms with Crippen molar-refractivity contribution in [2.45, 2.75) is 47.7 Å². The highest BCUT2D eigenvalue weighted by molar-refractivity contribution is 6.76. The quantitative estimate of drug-likeness (QED) is 0.183. The molecule has 2 aromatic carbocycles. The Morgan fingerprint density at radius 1 is 0.971 bits per heavy atom. The van der Waals surface area contributed by atoms with Gasteiger partial charge in [0.15, 0.2) is 0 Å². The van der Waals surface area contributed by atoms with Gasteiger partial charge in [0, 0.05) is 0 Å². The van der Waals surface area contributed by atoms with Gasteiger partial charge >= 0.3 is 0 Å². The van der Waals surface area contributed by atoms with E-state index in [1.165, 1.54) is 0 Å². The molecule has 2 unspecified atom stereocenters. The van der Waals surface area contributed by atoms with Crippen LogP contribution in [0.25, 0.3) is 0 Å². The largest absolute Gasteiger partial charge is 0.445 e. The molecule has 0 amide bonds. The van der Waals surface area contributed by atoms with Crippen molar-refractivity contribution in [3.63, 3.8) is 0 Å². The lowest BCUT2D eigenvalue weighted by Crippen LogP contribution is -2.61. The van der Waals surface area contributed by atoms with Crippen LogP contribution in [0.15, 0.2) is 73.3 Å². The Bertz CT molecular complexity index is 928. The topological polar surface area (TPSA) is 90.2 Å². The molecule has 0 aliphatic carbocycles. The molecule has 0 saturated carbocycles. The van der Waals surface area contributed by atoms with Gasteiger partial charge in [-0.2, -0.15) is 0 Å². The molecule has 2 aromatic rings. The van der Waals surface area contributed by atoms with Crippen LogP contribution in [0, 0.1) is 5.41 Å². The Morgan fingerprint density at radius 2 is 1.57 bits per heavy atom. The van der Waals surface area contributed by atoms with E-state index in [1.807, 2.05) is 60.7 Å². The molecule has 1 aliphatic heterocycles. The van der Waals surface area contributed by atoms with Crippen molar-refractivity contribution in [2.24, 2.45) is 0 Å². The number of ether oxygens (including phenoxy) is 5. The molecule has 7 nitrogen and oxygen atoms in total. The number of aliphatic hydroxyl groups is 1. The third-order valence-electron chi connectivity index (χ3n) is 5.19. The zero-order valence-electron chi connectivity index (χ0n) is 18.9. The van der Waals surface area contributed by atoms with Crippen LogP contribution in [0.2, 0.25) is 0 Å². The summed E-state index contributed by atoms with van der Waals surface area (Å²) in [6.45, 7) is 4.49. The number of benzene rings is 2. The molecule has 190 valence electrons. The van der Waals surface area contributed by atoms with Gasteiger partial charge in [-0.05, 0) is 11.1 Å². The van der Waals surface area contributed by atoms with E-state index in [2.05, 4.69) is 6.58 Å². The maximum atomic E-state index is 11.0. The summed E-state index contributed by atoms with van der Waals surface area (Å²) in [5.41, 5.74) is 1.92. The zero-order chi connectivity index (χ0) is 25.3. The first kappa shape index (κ1) is 27.9. The molecule has 3 rings (SSSR count). The molecule has 1 fully saturated rings. The molecule has 2 N–H and O–H groups in total. The van der Waals surface area contributed by atoms with Crippen LogP contribution in [0.4, 0.5) is 0 Å². The first-order chi connectivity index (χ1) is 16.8. The van der Waals surface area contributed by atoms with Gasteiger partial charge in [-0.1, -0.05) is 102 Å². The minimum atomic E-state index is -2.12. The summed E-state index contributed by atoms with van der Waals surface area (Å²) in [5, 5.41) is 18.9. The van der Waals surface area contributed by atoms with Crippen LogP contribution < -0.4 is 0 Å². The van der Waals surface area contributed by atoms with Gasteiger partial charge in [-0.25, -0.2) is 0 Å². The van der Waals surface area contributed by atoms with Crippen molar-refractivity contribution >= 4 is 40.7 Å². The Hall–Kier alpha value is -1.68. The highest BCUT2D eigenvalue weighted by Crippen LogP contribution is 2.32. The predicted molar refractivity (Wildman–Crippen MR) is 135 cm³/mol. The highest BCUT2D eigenvalue weighted by Gasteiger charge is 2.49. The Balaban J connectivity index is 1.79. The third kappa shape index (κ3) is 8.44. The second-order valence-electron chi connectivity index (χ2n) is 7.83. The normalized spacial score (nSPS) is 24.6. The van der Waals surface area contributed by atoms with Gasteiger partial charge in [-0.15, -0.1) is 6.58 Å². The fraction of sp³-hybridized carbons (Fsp3) is 0.400. The van der Waals surface area contributed by atoms with Crippen LogP contribution in [0.1, 0.15) is 11.1 Å². The maximum Gasteiger partial charge on any atom is 0.265 e. The summed E-state index contributed by atoms with van der Waals surface area (Å²) >= 11 is 17.3. The van der Waals surface area contributed by atoms with Crippen molar-refractivity contribution in [2.75, 3.05) is 13.2 Å². The van der Waals surface area contributed by atoms with Crippen molar-refractivity contribution in [1.82, 2.24) is 0 Å². The molecule has 0 radical (unpaired) electrons. The van der Waals surface area contributed by atoms with E-state index < -0.39 is 40.4 Å². The summed E-state index contributed by atoms with van der Waals surface area (Å²) in [4.78, 5) is 0. The zero-order valence-corrected chi connectivity index (χ0v) is 21.2. The second kappa shape index (κ2) is 13.6. The summed E-state index contributed by atoms with van der Waals surface area (Å²) < 4.78 is 27.2. The standard InChI is InChI=1S/C25H28Cl3NO6/c1-2-13-32-22-20(30)23(35-24(29)25(26,27)28)34-19(16-31-14-17-9-5-3-6-10-17)21(22)33-15-18-11-7-4-8-12-18/h2-12,19-23,29-30H,1,13-16H2/t19?,20?,21-,22-,23-/m1/s1. The molecule has 0 aromatic heterocycles. The molecule has 1 aliphatic rings. The fourth-order valence-electron chi connectivity index (χ4n) is 3.51. The van der Waals surface area contributed by atoms with Gasteiger partial charge in [-0.3, -0.25) is 5.41 Å². The minimum absolute atomic E-state index is 0.0932. The number of nitrogens with one attached hydrogen (secondary N) is 1. The monoisotopic (exact) mass is 543 g/mol. The summed E-state index contributed by atoms with van der Waals surface area (Å²) in [6, 6.07) is 19.2. The average molecular weight is 545 g/mol. The van der Waals surface area contributed by atoms with Gasteiger partial charge in [0.1, 0.15) is 24.4 Å². The summed E-state index contributed by atoms with van der Waals surface area (Å²) in [5.74, 6) is -0.693. The number of aliphatic hydroxyl groups excluding tert-OH is 1. The van der Waals surface area contributed by atoms with Crippen LogP contribution in [-0.4, -0.2) is 58.7 Å². The number of rotatable bonds is 11. The van der Waals surface area contributed by atoms with E-state index in [-0.39, 0.29) is 19.8 Å². The number of hydrogen-bond donors (Lipinski definition) is 2. The van der Waals surface area contributed by atoms with Crippen LogP contribution >= 0.6 is 34.8 Å². The Labute approximate surface area is 219 Å². The first-order valence-electron chi connectivity index (χ1n) is 10.9. The van der Waals surface area contributed by atoms with Crippen molar-refractivity contribution < 1.29 is 28.8 Å². The van der Waals surface area contributed by atoms with Crippen molar-refractivity contribution in [1.29, 1.82) is 5.41 Å². The summed E-state index contributed by atoms with van der Waals surface area (Å²) in [6.07, 6.45) is -3.51. The predicted octanol–water partition coefficient (Wildman–Crippen LogP) is 4.81. The lowest BCUT2D eigenvalue weighted by Gasteiger charge is -2.44. The molecule has 0 spiro atoms. The first-order valence-corrected chi connectivity index (χ1v) is 12.1.